The number of rotatable bonds is 8. The van der Waals surface area contributed by atoms with Crippen molar-refractivity contribution in [1.82, 2.24) is 0 Å². The summed E-state index contributed by atoms with van der Waals surface area (Å²) < 4.78 is 10.7. The molecule has 150 valence electrons. The van der Waals surface area contributed by atoms with Gasteiger partial charge in [0.15, 0.2) is 16.7 Å². The van der Waals surface area contributed by atoms with Gasteiger partial charge in [0, 0.05) is 6.54 Å². The average Bonchev–Trinajstić information content (AvgIpc) is 2.78. The molecule has 4 nitrogen and oxygen atoms in total. The number of hydrogen-bond donors (Lipinski definition) is 1. The van der Waals surface area contributed by atoms with Crippen LogP contribution in [0.15, 0.2) is 83.9 Å². The SMILES string of the molecule is COc1ccc(CCN=C(N)SC(c2ccccc2)c2ccccc2)cc1OC. The highest BCUT2D eigenvalue weighted by Crippen LogP contribution is 2.35. The number of thioether (sulfide) groups is 1. The van der Waals surface area contributed by atoms with Crippen LogP contribution in [-0.4, -0.2) is 25.9 Å². The van der Waals surface area contributed by atoms with E-state index in [4.69, 9.17) is 15.2 Å². The first-order valence-electron chi connectivity index (χ1n) is 9.48. The maximum Gasteiger partial charge on any atom is 0.160 e. The number of hydrogen-bond acceptors (Lipinski definition) is 4. The van der Waals surface area contributed by atoms with Crippen molar-refractivity contribution in [2.75, 3.05) is 20.8 Å². The Hall–Kier alpha value is -2.92. The summed E-state index contributed by atoms with van der Waals surface area (Å²) in [6.07, 6.45) is 0.781. The van der Waals surface area contributed by atoms with Crippen molar-refractivity contribution in [1.29, 1.82) is 0 Å². The van der Waals surface area contributed by atoms with Crippen LogP contribution in [0, 0.1) is 0 Å². The highest BCUT2D eigenvalue weighted by atomic mass is 32.2. The third-order valence-corrected chi connectivity index (χ3v) is 5.71. The van der Waals surface area contributed by atoms with Crippen molar-refractivity contribution in [3.8, 4) is 11.5 Å². The van der Waals surface area contributed by atoms with Crippen LogP contribution in [0.4, 0.5) is 0 Å². The fourth-order valence-electron chi connectivity index (χ4n) is 3.07. The smallest absolute Gasteiger partial charge is 0.160 e. The first kappa shape index (κ1) is 20.8. The molecule has 0 atom stereocenters. The summed E-state index contributed by atoms with van der Waals surface area (Å²) in [5.74, 6) is 1.45. The molecule has 0 bridgehead atoms. The van der Waals surface area contributed by atoms with Gasteiger partial charge >= 0.3 is 0 Å². The van der Waals surface area contributed by atoms with Crippen molar-refractivity contribution >= 4 is 16.9 Å². The first-order valence-corrected chi connectivity index (χ1v) is 10.4. The maximum atomic E-state index is 6.28. The van der Waals surface area contributed by atoms with Crippen molar-refractivity contribution in [2.24, 2.45) is 10.7 Å². The van der Waals surface area contributed by atoms with E-state index in [-0.39, 0.29) is 5.25 Å². The van der Waals surface area contributed by atoms with Crippen LogP contribution in [-0.2, 0) is 6.42 Å². The van der Waals surface area contributed by atoms with Gasteiger partial charge in [0.2, 0.25) is 0 Å². The predicted octanol–water partition coefficient (Wildman–Crippen LogP) is 5.08. The topological polar surface area (TPSA) is 56.8 Å². The van der Waals surface area contributed by atoms with Crippen LogP contribution < -0.4 is 15.2 Å². The van der Waals surface area contributed by atoms with E-state index in [2.05, 4.69) is 53.5 Å². The molecule has 0 aliphatic carbocycles. The first-order chi connectivity index (χ1) is 14.2. The van der Waals surface area contributed by atoms with Crippen LogP contribution in [0.1, 0.15) is 21.9 Å². The molecule has 0 aromatic heterocycles. The third-order valence-electron chi connectivity index (χ3n) is 4.56. The predicted molar refractivity (Wildman–Crippen MR) is 122 cm³/mol. The summed E-state index contributed by atoms with van der Waals surface area (Å²) >= 11 is 1.58. The number of nitrogens with zero attached hydrogens (tertiary/aromatic N) is 1. The van der Waals surface area contributed by atoms with E-state index in [0.29, 0.717) is 11.7 Å². The molecule has 3 rings (SSSR count). The molecule has 0 spiro atoms. The summed E-state index contributed by atoms with van der Waals surface area (Å²) in [7, 11) is 3.28. The van der Waals surface area contributed by atoms with E-state index in [1.807, 2.05) is 30.3 Å². The number of aliphatic imine (C=N–C) groups is 1. The number of methoxy groups -OCH3 is 2. The minimum atomic E-state index is 0.113. The summed E-state index contributed by atoms with van der Waals surface area (Å²) in [5.41, 5.74) is 9.83. The van der Waals surface area contributed by atoms with Gasteiger partial charge in [0.25, 0.3) is 0 Å². The lowest BCUT2D eigenvalue weighted by atomic mass is 10.0. The Morgan fingerprint density at radius 2 is 1.45 bits per heavy atom. The van der Waals surface area contributed by atoms with Gasteiger partial charge in [0.1, 0.15) is 0 Å². The lowest BCUT2D eigenvalue weighted by molar-refractivity contribution is 0.354. The van der Waals surface area contributed by atoms with Crippen molar-refractivity contribution < 1.29 is 9.47 Å². The fraction of sp³-hybridized carbons (Fsp3) is 0.208. The number of nitrogens with two attached hydrogens (primary N) is 1. The second-order valence-corrected chi connectivity index (χ2v) is 7.60. The molecule has 0 saturated carbocycles. The van der Waals surface area contributed by atoms with E-state index in [1.54, 1.807) is 26.0 Å². The lowest BCUT2D eigenvalue weighted by Gasteiger charge is -2.17. The Bertz CT molecular complexity index is 891. The zero-order valence-corrected chi connectivity index (χ0v) is 17.6. The number of benzene rings is 3. The van der Waals surface area contributed by atoms with E-state index >= 15 is 0 Å². The second kappa shape index (κ2) is 10.6. The minimum Gasteiger partial charge on any atom is -0.493 e. The van der Waals surface area contributed by atoms with E-state index < -0.39 is 0 Å². The lowest BCUT2D eigenvalue weighted by Crippen LogP contribution is -2.12. The summed E-state index contributed by atoms with van der Waals surface area (Å²) in [4.78, 5) is 4.59. The van der Waals surface area contributed by atoms with Gasteiger partial charge in [-0.2, -0.15) is 0 Å². The summed E-state index contributed by atoms with van der Waals surface area (Å²) in [6.45, 7) is 0.616. The molecular weight excluding hydrogens is 380 g/mol. The van der Waals surface area contributed by atoms with Gasteiger partial charge in [-0.25, -0.2) is 0 Å². The highest BCUT2D eigenvalue weighted by Gasteiger charge is 2.16. The van der Waals surface area contributed by atoms with Crippen LogP contribution in [0.5, 0.6) is 11.5 Å². The van der Waals surface area contributed by atoms with Crippen molar-refractivity contribution in [2.45, 2.75) is 11.7 Å². The standard InChI is InChI=1S/C24H26N2O2S/c1-27-21-14-13-18(17-22(21)28-2)15-16-26-24(25)29-23(19-9-5-3-6-10-19)20-11-7-4-8-12-20/h3-14,17,23H,15-16H2,1-2H3,(H2,25,26). The van der Waals surface area contributed by atoms with E-state index in [0.717, 1.165) is 23.5 Å². The summed E-state index contributed by atoms with van der Waals surface area (Å²) in [5, 5.41) is 0.699. The van der Waals surface area contributed by atoms with Crippen molar-refractivity contribution in [3.05, 3.63) is 95.6 Å². The molecule has 0 heterocycles. The molecule has 3 aromatic carbocycles. The molecule has 29 heavy (non-hydrogen) atoms. The summed E-state index contributed by atoms with van der Waals surface area (Å²) in [6, 6.07) is 26.7. The third kappa shape index (κ3) is 5.78. The normalized spacial score (nSPS) is 11.5. The molecule has 0 unspecified atom stereocenters. The highest BCUT2D eigenvalue weighted by molar-refractivity contribution is 8.14. The Kier molecular flexibility index (Phi) is 7.59. The van der Waals surface area contributed by atoms with Gasteiger partial charge < -0.3 is 15.2 Å². The molecule has 0 amide bonds. The molecule has 0 radical (unpaired) electrons. The number of amidine groups is 1. The average molecular weight is 407 g/mol. The monoisotopic (exact) mass is 406 g/mol. The Labute approximate surface area is 176 Å². The molecule has 0 aliphatic rings. The van der Waals surface area contributed by atoms with Crippen LogP contribution in [0.25, 0.3) is 0 Å². The van der Waals surface area contributed by atoms with Crippen LogP contribution >= 0.6 is 11.8 Å². The zero-order chi connectivity index (χ0) is 20.5. The maximum absolute atomic E-state index is 6.28. The van der Waals surface area contributed by atoms with Crippen LogP contribution in [0.2, 0.25) is 0 Å². The number of ether oxygens (including phenoxy) is 2. The molecular formula is C24H26N2O2S. The Balaban J connectivity index is 1.68. The van der Waals surface area contributed by atoms with Gasteiger partial charge in [-0.3, -0.25) is 4.99 Å². The fourth-order valence-corrected chi connectivity index (χ4v) is 4.07. The Morgan fingerprint density at radius 3 is 2.00 bits per heavy atom. The van der Waals surface area contributed by atoms with Gasteiger partial charge in [-0.1, -0.05) is 78.5 Å². The molecule has 3 aromatic rings. The molecule has 0 saturated heterocycles. The van der Waals surface area contributed by atoms with Gasteiger partial charge in [0.05, 0.1) is 19.5 Å². The van der Waals surface area contributed by atoms with E-state index in [1.165, 1.54) is 11.1 Å². The molecule has 0 aliphatic heterocycles. The second-order valence-electron chi connectivity index (χ2n) is 6.48. The van der Waals surface area contributed by atoms with E-state index in [9.17, 15) is 0 Å². The Morgan fingerprint density at radius 1 is 0.862 bits per heavy atom. The van der Waals surface area contributed by atoms with Gasteiger partial charge in [-0.05, 0) is 35.2 Å². The minimum absolute atomic E-state index is 0.113. The molecule has 2 N–H and O–H groups in total. The molecule has 0 fully saturated rings. The zero-order valence-electron chi connectivity index (χ0n) is 16.7. The molecule has 5 heteroatoms. The van der Waals surface area contributed by atoms with Gasteiger partial charge in [-0.15, -0.1) is 0 Å². The van der Waals surface area contributed by atoms with Crippen molar-refractivity contribution in [3.63, 3.8) is 0 Å². The largest absolute Gasteiger partial charge is 0.493 e. The van der Waals surface area contributed by atoms with Crippen LogP contribution in [0.3, 0.4) is 0 Å². The quantitative estimate of drug-likeness (QED) is 0.418.